The molecule has 3 aromatic rings. The van der Waals surface area contributed by atoms with Gasteiger partial charge in [-0.2, -0.15) is 4.98 Å². The van der Waals surface area contributed by atoms with E-state index in [-0.39, 0.29) is 18.4 Å². The minimum Gasteiger partial charge on any atom is -0.311 e. The van der Waals surface area contributed by atoms with Crippen LogP contribution < -0.4 is 11.2 Å². The maximum atomic E-state index is 13.0. The number of Topliss-reactive ketones (excluding diaryl/α,β-unsaturated/α-hetero) is 1. The third-order valence-corrected chi connectivity index (χ3v) is 4.97. The van der Waals surface area contributed by atoms with E-state index in [9.17, 15) is 14.4 Å². The molecule has 8 nitrogen and oxygen atoms in total. The van der Waals surface area contributed by atoms with E-state index in [2.05, 4.69) is 23.4 Å². The molecule has 1 atom stereocenters. The second-order valence-corrected chi connectivity index (χ2v) is 6.65. The van der Waals surface area contributed by atoms with Crippen molar-refractivity contribution in [3.8, 4) is 0 Å². The average Bonchev–Trinajstić information content (AvgIpc) is 3.05. The normalized spacial score (nSPS) is 13.0. The number of hydrogen-bond acceptors (Lipinski definition) is 4. The number of carbonyl (C=O) groups excluding carboxylic acids is 1. The first kappa shape index (κ1) is 17.2. The summed E-state index contributed by atoms with van der Waals surface area (Å²) in [6.07, 6.45) is 0.918. The highest BCUT2D eigenvalue weighted by atomic mass is 16.2. The van der Waals surface area contributed by atoms with Gasteiger partial charge in [0.25, 0.3) is 5.56 Å². The van der Waals surface area contributed by atoms with Crippen LogP contribution in [0.3, 0.4) is 0 Å². The van der Waals surface area contributed by atoms with Crippen LogP contribution in [-0.2, 0) is 18.4 Å². The summed E-state index contributed by atoms with van der Waals surface area (Å²) in [5.74, 6) is 0.399. The van der Waals surface area contributed by atoms with Crippen LogP contribution in [0.25, 0.3) is 16.9 Å². The van der Waals surface area contributed by atoms with Gasteiger partial charge in [0, 0.05) is 24.5 Å². The average molecular weight is 345 g/mol. The van der Waals surface area contributed by atoms with Gasteiger partial charge in [-0.25, -0.2) is 4.79 Å². The van der Waals surface area contributed by atoms with Gasteiger partial charge in [0.1, 0.15) is 5.78 Å². The van der Waals surface area contributed by atoms with E-state index in [4.69, 9.17) is 0 Å². The van der Waals surface area contributed by atoms with Gasteiger partial charge < -0.3 is 4.57 Å². The van der Waals surface area contributed by atoms with E-state index in [0.29, 0.717) is 16.9 Å². The van der Waals surface area contributed by atoms with E-state index >= 15 is 0 Å². The number of nitrogens with zero attached hydrogens (tertiary/aromatic N) is 5. The van der Waals surface area contributed by atoms with Crippen molar-refractivity contribution in [3.05, 3.63) is 32.2 Å². The molecule has 0 radical (unpaired) electrons. The van der Waals surface area contributed by atoms with Crippen molar-refractivity contribution in [2.24, 2.45) is 7.05 Å². The molecule has 0 amide bonds. The summed E-state index contributed by atoms with van der Waals surface area (Å²) in [4.78, 5) is 41.5. The Balaban J connectivity index is 2.55. The van der Waals surface area contributed by atoms with Gasteiger partial charge in [-0.3, -0.25) is 23.1 Å². The van der Waals surface area contributed by atoms with Gasteiger partial charge in [-0.05, 0) is 34.1 Å². The predicted molar refractivity (Wildman–Crippen MR) is 95.3 cm³/mol. The molecule has 0 aliphatic carbocycles. The lowest BCUT2D eigenvalue weighted by Gasteiger charge is -2.13. The molecule has 0 saturated carbocycles. The van der Waals surface area contributed by atoms with Gasteiger partial charge >= 0.3 is 5.69 Å². The number of rotatable bonds is 4. The van der Waals surface area contributed by atoms with E-state index in [0.717, 1.165) is 22.4 Å². The van der Waals surface area contributed by atoms with E-state index < -0.39 is 11.2 Å². The molecule has 8 heteroatoms. The first-order valence-electron chi connectivity index (χ1n) is 8.39. The van der Waals surface area contributed by atoms with Crippen molar-refractivity contribution in [2.75, 3.05) is 0 Å². The zero-order chi connectivity index (χ0) is 18.6. The molecular weight excluding hydrogens is 322 g/mol. The lowest BCUT2D eigenvalue weighted by molar-refractivity contribution is -0.117. The summed E-state index contributed by atoms with van der Waals surface area (Å²) in [5.41, 5.74) is 1.60. The molecule has 0 unspecified atom stereocenters. The fraction of sp³-hybridized carbons (Fsp3) is 0.529. The fourth-order valence-corrected chi connectivity index (χ4v) is 3.35. The largest absolute Gasteiger partial charge is 0.332 e. The highest BCUT2D eigenvalue weighted by molar-refractivity contribution is 5.78. The molecule has 0 bridgehead atoms. The van der Waals surface area contributed by atoms with Crippen molar-refractivity contribution >= 4 is 22.7 Å². The first-order valence-corrected chi connectivity index (χ1v) is 8.39. The fourth-order valence-electron chi connectivity index (χ4n) is 3.35. The summed E-state index contributed by atoms with van der Waals surface area (Å²) in [6.45, 7) is 9.24. The van der Waals surface area contributed by atoms with Gasteiger partial charge in [-0.1, -0.05) is 6.92 Å². The lowest BCUT2D eigenvalue weighted by Crippen LogP contribution is -2.40. The smallest absolute Gasteiger partial charge is 0.311 e. The van der Waals surface area contributed by atoms with Crippen molar-refractivity contribution in [3.63, 3.8) is 0 Å². The van der Waals surface area contributed by atoms with Gasteiger partial charge in [0.15, 0.2) is 11.2 Å². The third-order valence-electron chi connectivity index (χ3n) is 4.97. The Morgan fingerprint density at radius 1 is 1.20 bits per heavy atom. The number of aromatic nitrogens is 5. The van der Waals surface area contributed by atoms with Gasteiger partial charge in [0.2, 0.25) is 5.78 Å². The Labute approximate surface area is 144 Å². The Kier molecular flexibility index (Phi) is 3.93. The van der Waals surface area contributed by atoms with Crippen molar-refractivity contribution in [1.82, 2.24) is 23.1 Å². The third kappa shape index (κ3) is 2.27. The molecule has 0 spiro atoms. The molecule has 0 saturated heterocycles. The minimum absolute atomic E-state index is 0.212. The zero-order valence-corrected chi connectivity index (χ0v) is 15.5. The van der Waals surface area contributed by atoms with Crippen molar-refractivity contribution in [2.45, 2.75) is 53.6 Å². The summed E-state index contributed by atoms with van der Waals surface area (Å²) < 4.78 is 6.21. The second kappa shape index (κ2) is 5.72. The molecule has 0 aliphatic rings. The Morgan fingerprint density at radius 3 is 2.40 bits per heavy atom. The molecule has 0 N–H and O–H groups in total. The highest BCUT2D eigenvalue weighted by Gasteiger charge is 2.24. The molecule has 134 valence electrons. The number of imidazole rings is 2. The van der Waals surface area contributed by atoms with Gasteiger partial charge in [-0.15, -0.1) is 0 Å². The van der Waals surface area contributed by atoms with Crippen LogP contribution in [-0.4, -0.2) is 28.9 Å². The molecule has 25 heavy (non-hydrogen) atoms. The lowest BCUT2D eigenvalue weighted by atomic mass is 10.2. The summed E-state index contributed by atoms with van der Waals surface area (Å²) in [7, 11) is 1.57. The molecule has 3 heterocycles. The van der Waals surface area contributed by atoms with E-state index in [1.165, 1.54) is 11.5 Å². The van der Waals surface area contributed by atoms with Crippen LogP contribution in [0, 0.1) is 13.8 Å². The Hall–Kier alpha value is -2.64. The number of aryl methyl sites for hydroxylation is 2. The van der Waals surface area contributed by atoms with Crippen LogP contribution in [0.2, 0.25) is 0 Å². The number of fused-ring (bicyclic) bond motifs is 3. The maximum Gasteiger partial charge on any atom is 0.332 e. The molecule has 0 fully saturated rings. The van der Waals surface area contributed by atoms with Crippen LogP contribution in [0.15, 0.2) is 9.59 Å². The van der Waals surface area contributed by atoms with Crippen LogP contribution in [0.5, 0.6) is 0 Å². The highest BCUT2D eigenvalue weighted by Crippen LogP contribution is 2.25. The maximum absolute atomic E-state index is 13.0. The number of ketones is 1. The predicted octanol–water partition coefficient (Wildman–Crippen LogP) is 1.33. The second-order valence-electron chi connectivity index (χ2n) is 6.65. The van der Waals surface area contributed by atoms with E-state index in [1.807, 2.05) is 13.8 Å². The summed E-state index contributed by atoms with van der Waals surface area (Å²) in [6, 6.07) is 0.212. The SMILES string of the molecule is CC[C@H](C)n1c(C)c(C)n2c3c(=O)n(CC(C)=O)c(=O)n(C)c3nc12. The number of carbonyl (C=O) groups is 1. The quantitative estimate of drug-likeness (QED) is 0.714. The molecule has 3 aromatic heterocycles. The monoisotopic (exact) mass is 345 g/mol. The van der Waals surface area contributed by atoms with Crippen molar-refractivity contribution < 1.29 is 4.79 Å². The zero-order valence-electron chi connectivity index (χ0n) is 15.5. The molecule has 0 aromatic carbocycles. The van der Waals surface area contributed by atoms with Crippen LogP contribution in [0.4, 0.5) is 0 Å². The molecular formula is C17H23N5O3. The minimum atomic E-state index is -0.530. The van der Waals surface area contributed by atoms with Crippen LogP contribution >= 0.6 is 0 Å². The first-order chi connectivity index (χ1) is 11.7. The summed E-state index contributed by atoms with van der Waals surface area (Å²) in [5, 5.41) is 0. The Morgan fingerprint density at radius 2 is 1.84 bits per heavy atom. The molecule has 3 rings (SSSR count). The topological polar surface area (TPSA) is 83.3 Å². The van der Waals surface area contributed by atoms with Crippen LogP contribution in [0.1, 0.15) is 44.6 Å². The van der Waals surface area contributed by atoms with Gasteiger partial charge in [0.05, 0.1) is 6.54 Å². The standard InChI is InChI=1S/C17H23N5O3/c1-7-9(2)21-11(4)12(5)22-13-14(18-16(21)22)19(6)17(25)20(15(13)24)8-10(3)23/h9H,7-8H2,1-6H3/t9-/m0/s1. The Bertz CT molecular complexity index is 1130. The van der Waals surface area contributed by atoms with Crippen molar-refractivity contribution in [1.29, 1.82) is 0 Å². The van der Waals surface area contributed by atoms with E-state index in [1.54, 1.807) is 11.4 Å². The number of hydrogen-bond donors (Lipinski definition) is 0. The summed E-state index contributed by atoms with van der Waals surface area (Å²) >= 11 is 0. The molecule has 0 aliphatic heterocycles.